The van der Waals surface area contributed by atoms with Crippen molar-refractivity contribution in [1.82, 2.24) is 9.80 Å². The number of benzene rings is 2. The van der Waals surface area contributed by atoms with E-state index in [4.69, 9.17) is 0 Å². The molecule has 1 unspecified atom stereocenters. The smallest absolute Gasteiger partial charge is 0.253 e. The molecule has 1 fully saturated rings. The van der Waals surface area contributed by atoms with Crippen molar-refractivity contribution in [2.75, 3.05) is 32.7 Å². The maximum atomic E-state index is 13.8. The van der Waals surface area contributed by atoms with E-state index >= 15 is 0 Å². The molecule has 0 aliphatic carbocycles. The number of rotatable bonds is 4. The zero-order chi connectivity index (χ0) is 17.6. The van der Waals surface area contributed by atoms with Crippen molar-refractivity contribution in [2.24, 2.45) is 0 Å². The fourth-order valence-electron chi connectivity index (χ4n) is 3.21. The average molecular weight is 342 g/mol. The van der Waals surface area contributed by atoms with E-state index in [1.807, 2.05) is 35.2 Å². The number of carbonyl (C=O) groups is 1. The minimum absolute atomic E-state index is 0.0390. The second-order valence-electron chi connectivity index (χ2n) is 6.35. The van der Waals surface area contributed by atoms with Crippen molar-refractivity contribution in [3.05, 3.63) is 71.5 Å². The SMILES string of the molecule is O=C(c1ccccc1)N1CCCN(CC(O)c2ccccc2F)CC1. The highest BCUT2D eigenvalue weighted by atomic mass is 19.1. The summed E-state index contributed by atoms with van der Waals surface area (Å²) in [6.45, 7) is 3.13. The lowest BCUT2D eigenvalue weighted by Gasteiger charge is -2.24. The molecule has 1 N–H and O–H groups in total. The molecular weight excluding hydrogens is 319 g/mol. The third-order valence-corrected chi connectivity index (χ3v) is 4.59. The second-order valence-corrected chi connectivity index (χ2v) is 6.35. The number of aliphatic hydroxyl groups excluding tert-OH is 1. The molecule has 4 nitrogen and oxygen atoms in total. The number of amides is 1. The summed E-state index contributed by atoms with van der Waals surface area (Å²) >= 11 is 0. The van der Waals surface area contributed by atoms with Crippen LogP contribution in [0.3, 0.4) is 0 Å². The van der Waals surface area contributed by atoms with E-state index in [9.17, 15) is 14.3 Å². The van der Waals surface area contributed by atoms with Crippen LogP contribution >= 0.6 is 0 Å². The van der Waals surface area contributed by atoms with Gasteiger partial charge in [0, 0.05) is 43.9 Å². The quantitative estimate of drug-likeness (QED) is 0.929. The summed E-state index contributed by atoms with van der Waals surface area (Å²) in [4.78, 5) is 16.5. The van der Waals surface area contributed by atoms with Gasteiger partial charge in [0.2, 0.25) is 0 Å². The van der Waals surface area contributed by atoms with Crippen molar-refractivity contribution < 1.29 is 14.3 Å². The van der Waals surface area contributed by atoms with E-state index in [0.29, 0.717) is 37.3 Å². The lowest BCUT2D eigenvalue weighted by Crippen LogP contribution is -2.36. The maximum absolute atomic E-state index is 13.8. The molecule has 0 spiro atoms. The standard InChI is InChI=1S/C20H23FN2O2/c21-18-10-5-4-9-17(18)19(24)15-22-11-6-12-23(14-13-22)20(25)16-7-2-1-3-8-16/h1-5,7-10,19,24H,6,11-15H2. The first-order chi connectivity index (χ1) is 12.1. The van der Waals surface area contributed by atoms with E-state index in [1.165, 1.54) is 6.07 Å². The number of hydrogen-bond acceptors (Lipinski definition) is 3. The predicted octanol–water partition coefficient (Wildman–Crippen LogP) is 2.71. The number of aliphatic hydroxyl groups is 1. The highest BCUT2D eigenvalue weighted by Gasteiger charge is 2.22. The van der Waals surface area contributed by atoms with Crippen LogP contribution in [0.25, 0.3) is 0 Å². The molecule has 1 aliphatic rings. The Morgan fingerprint density at radius 2 is 1.72 bits per heavy atom. The van der Waals surface area contributed by atoms with Crippen molar-refractivity contribution in [3.8, 4) is 0 Å². The molecule has 0 bridgehead atoms. The number of nitrogens with zero attached hydrogens (tertiary/aromatic N) is 2. The minimum Gasteiger partial charge on any atom is -0.387 e. The first kappa shape index (κ1) is 17.6. The highest BCUT2D eigenvalue weighted by molar-refractivity contribution is 5.94. The lowest BCUT2D eigenvalue weighted by atomic mass is 10.1. The molecule has 1 amide bonds. The van der Waals surface area contributed by atoms with Gasteiger partial charge in [-0.2, -0.15) is 0 Å². The topological polar surface area (TPSA) is 43.8 Å². The first-order valence-electron chi connectivity index (χ1n) is 8.64. The van der Waals surface area contributed by atoms with E-state index < -0.39 is 6.10 Å². The van der Waals surface area contributed by atoms with E-state index in [-0.39, 0.29) is 11.7 Å². The summed E-state index contributed by atoms with van der Waals surface area (Å²) in [5.74, 6) is -0.345. The number of β-amino-alcohol motifs (C(OH)–C–C–N with tert-alkyl or cyclic N) is 1. The van der Waals surface area contributed by atoms with Crippen LogP contribution in [0.4, 0.5) is 4.39 Å². The summed E-state index contributed by atoms with van der Waals surface area (Å²) in [6, 6.07) is 15.6. The third kappa shape index (κ3) is 4.44. The zero-order valence-electron chi connectivity index (χ0n) is 14.1. The van der Waals surface area contributed by atoms with Crippen molar-refractivity contribution >= 4 is 5.91 Å². The molecule has 25 heavy (non-hydrogen) atoms. The molecule has 0 saturated carbocycles. The van der Waals surface area contributed by atoms with Gasteiger partial charge in [0.05, 0.1) is 6.10 Å². The monoisotopic (exact) mass is 342 g/mol. The molecule has 1 saturated heterocycles. The second kappa shape index (κ2) is 8.23. The summed E-state index contributed by atoms with van der Waals surface area (Å²) < 4.78 is 13.8. The molecule has 5 heteroatoms. The zero-order valence-corrected chi connectivity index (χ0v) is 14.1. The number of halogens is 1. The normalized spacial score (nSPS) is 17.1. The average Bonchev–Trinajstić information content (AvgIpc) is 2.88. The summed E-state index contributed by atoms with van der Waals surface area (Å²) in [5, 5.41) is 10.3. The predicted molar refractivity (Wildman–Crippen MR) is 94.8 cm³/mol. The Kier molecular flexibility index (Phi) is 5.79. The third-order valence-electron chi connectivity index (χ3n) is 4.59. The number of hydrogen-bond donors (Lipinski definition) is 1. The minimum atomic E-state index is -0.863. The molecule has 3 rings (SSSR count). The molecule has 1 atom stereocenters. The van der Waals surface area contributed by atoms with Crippen molar-refractivity contribution in [1.29, 1.82) is 0 Å². The Bertz CT molecular complexity index is 708. The van der Waals surface area contributed by atoms with E-state index in [0.717, 1.165) is 13.0 Å². The molecule has 0 aromatic heterocycles. The highest BCUT2D eigenvalue weighted by Crippen LogP contribution is 2.19. The van der Waals surface area contributed by atoms with Crippen LogP contribution in [0, 0.1) is 5.82 Å². The van der Waals surface area contributed by atoms with Crippen LogP contribution in [-0.2, 0) is 0 Å². The van der Waals surface area contributed by atoms with E-state index in [2.05, 4.69) is 4.90 Å². The molecule has 1 heterocycles. The van der Waals surface area contributed by atoms with Crippen LogP contribution in [-0.4, -0.2) is 53.5 Å². The van der Waals surface area contributed by atoms with Crippen molar-refractivity contribution in [2.45, 2.75) is 12.5 Å². The molecule has 2 aromatic carbocycles. The summed E-state index contributed by atoms with van der Waals surface area (Å²) in [7, 11) is 0. The van der Waals surface area contributed by atoms with Gasteiger partial charge in [-0.3, -0.25) is 9.69 Å². The van der Waals surface area contributed by atoms with Gasteiger partial charge < -0.3 is 10.0 Å². The lowest BCUT2D eigenvalue weighted by molar-refractivity contribution is 0.0754. The van der Waals surface area contributed by atoms with Crippen LogP contribution < -0.4 is 0 Å². The fraction of sp³-hybridized carbons (Fsp3) is 0.350. The molecule has 2 aromatic rings. The number of carbonyl (C=O) groups excluding carboxylic acids is 1. The van der Waals surface area contributed by atoms with Gasteiger partial charge in [0.25, 0.3) is 5.91 Å². The van der Waals surface area contributed by atoms with Crippen LogP contribution in [0.5, 0.6) is 0 Å². The van der Waals surface area contributed by atoms with Gasteiger partial charge in [-0.1, -0.05) is 36.4 Å². The molecule has 132 valence electrons. The Hall–Kier alpha value is -2.24. The van der Waals surface area contributed by atoms with Gasteiger partial charge in [-0.25, -0.2) is 4.39 Å². The van der Waals surface area contributed by atoms with E-state index in [1.54, 1.807) is 18.2 Å². The van der Waals surface area contributed by atoms with Crippen LogP contribution in [0.2, 0.25) is 0 Å². The Morgan fingerprint density at radius 3 is 2.48 bits per heavy atom. The van der Waals surface area contributed by atoms with Gasteiger partial charge in [-0.15, -0.1) is 0 Å². The summed E-state index contributed by atoms with van der Waals surface area (Å²) in [6.07, 6.45) is -0.0275. The largest absolute Gasteiger partial charge is 0.387 e. The van der Waals surface area contributed by atoms with Crippen LogP contribution in [0.1, 0.15) is 28.4 Å². The van der Waals surface area contributed by atoms with Crippen LogP contribution in [0.15, 0.2) is 54.6 Å². The Balaban J connectivity index is 1.58. The molecule has 1 aliphatic heterocycles. The van der Waals surface area contributed by atoms with Gasteiger partial charge in [0.15, 0.2) is 0 Å². The molecular formula is C20H23FN2O2. The maximum Gasteiger partial charge on any atom is 0.253 e. The van der Waals surface area contributed by atoms with Gasteiger partial charge in [0.1, 0.15) is 5.82 Å². The fourth-order valence-corrected chi connectivity index (χ4v) is 3.21. The Labute approximate surface area is 147 Å². The van der Waals surface area contributed by atoms with Crippen molar-refractivity contribution in [3.63, 3.8) is 0 Å². The molecule has 0 radical (unpaired) electrons. The first-order valence-corrected chi connectivity index (χ1v) is 8.64. The Morgan fingerprint density at radius 1 is 1.00 bits per heavy atom. The van der Waals surface area contributed by atoms with Gasteiger partial charge in [-0.05, 0) is 24.6 Å². The van der Waals surface area contributed by atoms with Gasteiger partial charge >= 0.3 is 0 Å². The summed E-state index contributed by atoms with van der Waals surface area (Å²) in [5.41, 5.74) is 1.02.